The van der Waals surface area contributed by atoms with Crippen LogP contribution in [0.15, 0.2) is 36.5 Å². The van der Waals surface area contributed by atoms with E-state index in [1.54, 1.807) is 7.05 Å². The molecule has 2 aromatic rings. The van der Waals surface area contributed by atoms with Crippen molar-refractivity contribution in [2.45, 2.75) is 19.2 Å². The third kappa shape index (κ3) is 2.77. The van der Waals surface area contributed by atoms with Gasteiger partial charge in [0.2, 0.25) is 0 Å². The number of hydrogen-bond acceptors (Lipinski definition) is 5. The largest absolute Gasteiger partial charge is 0.485 e. The van der Waals surface area contributed by atoms with Gasteiger partial charge in [-0.25, -0.2) is 4.79 Å². The van der Waals surface area contributed by atoms with Crippen molar-refractivity contribution in [1.29, 1.82) is 0 Å². The van der Waals surface area contributed by atoms with E-state index in [1.165, 1.54) is 22.9 Å². The third-order valence-corrected chi connectivity index (χ3v) is 3.85. The zero-order chi connectivity index (χ0) is 16.4. The normalized spacial score (nSPS) is 16.9. The Morgan fingerprint density at radius 2 is 2.09 bits per heavy atom. The highest BCUT2D eigenvalue weighted by Gasteiger charge is 2.38. The fourth-order valence-electron chi connectivity index (χ4n) is 2.53. The summed E-state index contributed by atoms with van der Waals surface area (Å²) in [6.45, 7) is 0.593. The predicted molar refractivity (Wildman–Crippen MR) is 80.9 cm³/mol. The highest BCUT2D eigenvalue weighted by Crippen LogP contribution is 2.26. The van der Waals surface area contributed by atoms with Crippen LogP contribution in [0.3, 0.4) is 0 Å². The van der Waals surface area contributed by atoms with E-state index < -0.39 is 12.0 Å². The van der Waals surface area contributed by atoms with Crippen LogP contribution >= 0.6 is 0 Å². The quantitative estimate of drug-likeness (QED) is 0.790. The summed E-state index contributed by atoms with van der Waals surface area (Å²) in [6, 6.07) is 8.98. The van der Waals surface area contributed by atoms with Gasteiger partial charge in [-0.1, -0.05) is 30.3 Å². The number of hydrogen-bond donors (Lipinski definition) is 0. The molecular formula is C16H17N3O4. The van der Waals surface area contributed by atoms with Crippen molar-refractivity contribution in [3.05, 3.63) is 47.8 Å². The summed E-state index contributed by atoms with van der Waals surface area (Å²) in [6.07, 6.45) is 1.50. The molecule has 1 atom stereocenters. The maximum Gasteiger partial charge on any atom is 0.330 e. The molecule has 0 N–H and O–H groups in total. The number of amides is 1. The lowest BCUT2D eigenvalue weighted by molar-refractivity contribution is -0.146. The number of aromatic nitrogens is 2. The van der Waals surface area contributed by atoms with E-state index in [2.05, 4.69) is 5.10 Å². The van der Waals surface area contributed by atoms with Gasteiger partial charge in [0, 0.05) is 7.05 Å². The van der Waals surface area contributed by atoms with E-state index in [-0.39, 0.29) is 12.5 Å². The molecule has 2 heterocycles. The minimum absolute atomic E-state index is 0.249. The van der Waals surface area contributed by atoms with E-state index in [0.29, 0.717) is 18.1 Å². The minimum atomic E-state index is -0.679. The first-order valence-corrected chi connectivity index (χ1v) is 7.19. The van der Waals surface area contributed by atoms with Gasteiger partial charge < -0.3 is 14.4 Å². The van der Waals surface area contributed by atoms with Crippen LogP contribution < -0.4 is 4.74 Å². The monoisotopic (exact) mass is 315 g/mol. The summed E-state index contributed by atoms with van der Waals surface area (Å²) in [5, 5.41) is 4.16. The number of likely N-dealkylation sites (N-methyl/N-ethyl adjacent to an activating group) is 1. The second kappa shape index (κ2) is 6.12. The van der Waals surface area contributed by atoms with Crippen LogP contribution in [-0.2, 0) is 22.7 Å². The van der Waals surface area contributed by atoms with E-state index in [0.717, 1.165) is 5.56 Å². The molecule has 0 aliphatic carbocycles. The molecule has 1 aliphatic rings. The smallest absolute Gasteiger partial charge is 0.330 e. The highest BCUT2D eigenvalue weighted by atomic mass is 16.5. The van der Waals surface area contributed by atoms with Crippen LogP contribution in [0.1, 0.15) is 16.1 Å². The van der Waals surface area contributed by atoms with Gasteiger partial charge in [-0.15, -0.1) is 0 Å². The minimum Gasteiger partial charge on any atom is -0.485 e. The first-order chi connectivity index (χ1) is 11.1. The molecule has 0 saturated carbocycles. The molecule has 3 rings (SSSR count). The Kier molecular flexibility index (Phi) is 4.01. The van der Waals surface area contributed by atoms with Crippen molar-refractivity contribution in [2.24, 2.45) is 0 Å². The molecule has 0 bridgehead atoms. The number of carbonyl (C=O) groups excluding carboxylic acids is 2. The lowest BCUT2D eigenvalue weighted by Crippen LogP contribution is -2.50. The van der Waals surface area contributed by atoms with Crippen molar-refractivity contribution in [3.63, 3.8) is 0 Å². The van der Waals surface area contributed by atoms with Gasteiger partial charge in [0.1, 0.15) is 12.6 Å². The molecule has 1 unspecified atom stereocenters. The molecule has 7 heteroatoms. The van der Waals surface area contributed by atoms with Crippen molar-refractivity contribution >= 4 is 11.9 Å². The maximum atomic E-state index is 12.5. The summed E-state index contributed by atoms with van der Waals surface area (Å²) in [5.41, 5.74) is 1.35. The molecular weight excluding hydrogens is 298 g/mol. The topological polar surface area (TPSA) is 73.7 Å². The van der Waals surface area contributed by atoms with Crippen LogP contribution in [0.2, 0.25) is 0 Å². The van der Waals surface area contributed by atoms with Crippen LogP contribution in [0.4, 0.5) is 0 Å². The number of nitrogens with zero attached hydrogens (tertiary/aromatic N) is 3. The van der Waals surface area contributed by atoms with Crippen molar-refractivity contribution in [3.8, 4) is 5.75 Å². The third-order valence-electron chi connectivity index (χ3n) is 3.85. The van der Waals surface area contributed by atoms with Crippen LogP contribution in [0, 0.1) is 0 Å². The van der Waals surface area contributed by atoms with Gasteiger partial charge >= 0.3 is 5.97 Å². The Morgan fingerprint density at radius 3 is 2.78 bits per heavy atom. The first kappa shape index (κ1) is 15.1. The van der Waals surface area contributed by atoms with Gasteiger partial charge in [0.25, 0.3) is 5.91 Å². The maximum absolute atomic E-state index is 12.5. The van der Waals surface area contributed by atoms with Crippen LogP contribution in [0.5, 0.6) is 5.75 Å². The van der Waals surface area contributed by atoms with Crippen molar-refractivity contribution in [1.82, 2.24) is 14.7 Å². The number of carbonyl (C=O) groups is 2. The molecule has 0 fully saturated rings. The average Bonchev–Trinajstić information content (AvgIpc) is 2.99. The molecule has 1 amide bonds. The number of fused-ring (bicyclic) bond motifs is 1. The molecule has 0 saturated heterocycles. The fourth-order valence-corrected chi connectivity index (χ4v) is 2.53. The molecule has 1 aliphatic heterocycles. The van der Waals surface area contributed by atoms with Crippen LogP contribution in [0.25, 0.3) is 0 Å². The number of benzene rings is 1. The standard InChI is InChI=1S/C16H17N3O4/c1-18-12(16(21)22-2)9-19-14(15(18)20)13(8-17-19)23-10-11-6-4-3-5-7-11/h3-8,12H,9-10H2,1-2H3. The van der Waals surface area contributed by atoms with Gasteiger partial charge in [-0.3, -0.25) is 9.48 Å². The predicted octanol–water partition coefficient (Wildman–Crippen LogP) is 1.09. The Morgan fingerprint density at radius 1 is 1.35 bits per heavy atom. The summed E-state index contributed by atoms with van der Waals surface area (Å²) < 4.78 is 11.9. The number of ether oxygens (including phenoxy) is 2. The van der Waals surface area contributed by atoms with Crippen LogP contribution in [-0.4, -0.2) is 46.8 Å². The number of rotatable bonds is 4. The molecule has 0 spiro atoms. The zero-order valence-electron chi connectivity index (χ0n) is 12.9. The lowest BCUT2D eigenvalue weighted by atomic mass is 10.1. The summed E-state index contributed by atoms with van der Waals surface area (Å²) >= 11 is 0. The Bertz CT molecular complexity index is 726. The van der Waals surface area contributed by atoms with Crippen molar-refractivity contribution in [2.75, 3.05) is 14.2 Å². The lowest BCUT2D eigenvalue weighted by Gasteiger charge is -2.31. The second-order valence-corrected chi connectivity index (χ2v) is 5.27. The molecule has 120 valence electrons. The van der Waals surface area contributed by atoms with Gasteiger partial charge in [-0.05, 0) is 5.56 Å². The Balaban J connectivity index is 1.81. The van der Waals surface area contributed by atoms with E-state index >= 15 is 0 Å². The Hall–Kier alpha value is -2.83. The van der Waals surface area contributed by atoms with Crippen molar-refractivity contribution < 1.29 is 19.1 Å². The molecule has 23 heavy (non-hydrogen) atoms. The Labute approximate surface area is 133 Å². The first-order valence-electron chi connectivity index (χ1n) is 7.19. The second-order valence-electron chi connectivity index (χ2n) is 5.27. The van der Waals surface area contributed by atoms with E-state index in [4.69, 9.17) is 9.47 Å². The molecule has 0 radical (unpaired) electrons. The van der Waals surface area contributed by atoms with E-state index in [1.807, 2.05) is 30.3 Å². The fraction of sp³-hybridized carbons (Fsp3) is 0.312. The summed E-state index contributed by atoms with van der Waals surface area (Å²) in [4.78, 5) is 25.6. The van der Waals surface area contributed by atoms with Gasteiger partial charge in [-0.2, -0.15) is 5.10 Å². The average molecular weight is 315 g/mol. The van der Waals surface area contributed by atoms with E-state index in [9.17, 15) is 9.59 Å². The van der Waals surface area contributed by atoms with Gasteiger partial charge in [0.05, 0.1) is 19.9 Å². The number of esters is 1. The number of methoxy groups -OCH3 is 1. The highest BCUT2D eigenvalue weighted by molar-refractivity contribution is 5.98. The van der Waals surface area contributed by atoms with Gasteiger partial charge in [0.15, 0.2) is 11.4 Å². The zero-order valence-corrected chi connectivity index (χ0v) is 12.9. The SMILES string of the molecule is COC(=O)C1Cn2ncc(OCc3ccccc3)c2C(=O)N1C. The molecule has 7 nitrogen and oxygen atoms in total. The summed E-state index contributed by atoms with van der Waals surface area (Å²) in [7, 11) is 2.87. The summed E-state index contributed by atoms with van der Waals surface area (Å²) in [5.74, 6) is -0.366. The molecule has 1 aromatic heterocycles. The molecule has 1 aromatic carbocycles.